The normalized spacial score (nSPS) is 10.9. The molecule has 0 aliphatic heterocycles. The van der Waals surface area contributed by atoms with Crippen LogP contribution in [0.15, 0.2) is 52.2 Å². The van der Waals surface area contributed by atoms with Crippen LogP contribution in [-0.4, -0.2) is 27.1 Å². The van der Waals surface area contributed by atoms with Gasteiger partial charge in [-0.15, -0.1) is 34.4 Å². The summed E-state index contributed by atoms with van der Waals surface area (Å²) in [5, 5.41) is 8.05. The lowest BCUT2D eigenvalue weighted by atomic mass is 10.1. The average molecular weight is 439 g/mol. The molecule has 0 saturated heterocycles. The molecule has 5 nitrogen and oxygen atoms in total. The number of hydrogen-bond acceptors (Lipinski definition) is 7. The molecule has 1 amide bonds. The van der Waals surface area contributed by atoms with Gasteiger partial charge in [0, 0.05) is 10.9 Å². The molecule has 0 fully saturated rings. The van der Waals surface area contributed by atoms with Crippen molar-refractivity contribution in [3.05, 3.63) is 64.0 Å². The van der Waals surface area contributed by atoms with Crippen LogP contribution in [0, 0.1) is 13.8 Å². The molecule has 29 heavy (non-hydrogen) atoms. The van der Waals surface area contributed by atoms with Crippen molar-refractivity contribution >= 4 is 45.5 Å². The molecule has 3 aromatic heterocycles. The van der Waals surface area contributed by atoms with Gasteiger partial charge in [0.05, 0.1) is 21.8 Å². The number of aromatic nitrogens is 3. The first-order valence-electron chi connectivity index (χ1n) is 8.85. The number of thioether (sulfide) groups is 1. The Bertz CT molecular complexity index is 1150. The van der Waals surface area contributed by atoms with Crippen molar-refractivity contribution in [2.45, 2.75) is 18.9 Å². The van der Waals surface area contributed by atoms with Crippen LogP contribution in [0.3, 0.4) is 0 Å². The van der Waals surface area contributed by atoms with Crippen molar-refractivity contribution in [2.24, 2.45) is 0 Å². The van der Waals surface area contributed by atoms with Gasteiger partial charge in [-0.2, -0.15) is 0 Å². The third-order valence-corrected chi connectivity index (χ3v) is 6.60. The molecule has 0 atom stereocenters. The molecular formula is C21H18N4OS3. The Kier molecular flexibility index (Phi) is 5.75. The Morgan fingerprint density at radius 1 is 1.03 bits per heavy atom. The summed E-state index contributed by atoms with van der Waals surface area (Å²) in [5.74, 6) is 0.406. The highest BCUT2D eigenvalue weighted by atomic mass is 32.2. The maximum Gasteiger partial charge on any atom is 0.262 e. The average Bonchev–Trinajstić information content (AvgIpc) is 3.40. The van der Waals surface area contributed by atoms with E-state index < -0.39 is 0 Å². The Morgan fingerprint density at radius 3 is 2.52 bits per heavy atom. The first-order valence-corrected chi connectivity index (χ1v) is 11.8. The van der Waals surface area contributed by atoms with E-state index in [0.717, 1.165) is 16.1 Å². The second-order valence-electron chi connectivity index (χ2n) is 6.35. The van der Waals surface area contributed by atoms with Gasteiger partial charge < -0.3 is 0 Å². The standard InChI is InChI=1S/C21H18N4OS3/c1-12-6-8-14(9-7-12)15-11-29-21(23-15)25-19(26)17-13(2)22-18(24-20(17)27-3)16-5-4-10-28-16/h4-11H,1-3H3,(H,23,25,26). The zero-order valence-electron chi connectivity index (χ0n) is 16.1. The van der Waals surface area contributed by atoms with Crippen LogP contribution in [-0.2, 0) is 0 Å². The largest absolute Gasteiger partial charge is 0.298 e. The molecule has 0 radical (unpaired) electrons. The van der Waals surface area contributed by atoms with E-state index in [1.165, 1.54) is 28.7 Å². The van der Waals surface area contributed by atoms with E-state index in [2.05, 4.69) is 20.3 Å². The molecule has 4 rings (SSSR count). The minimum atomic E-state index is -0.241. The molecule has 8 heteroatoms. The smallest absolute Gasteiger partial charge is 0.262 e. The molecule has 0 aliphatic carbocycles. The Labute approximate surface area is 181 Å². The monoisotopic (exact) mass is 438 g/mol. The summed E-state index contributed by atoms with van der Waals surface area (Å²) < 4.78 is 0. The molecule has 3 heterocycles. The zero-order chi connectivity index (χ0) is 20.4. The van der Waals surface area contributed by atoms with Crippen LogP contribution < -0.4 is 5.32 Å². The minimum Gasteiger partial charge on any atom is -0.298 e. The number of rotatable bonds is 5. The lowest BCUT2D eigenvalue weighted by molar-refractivity contribution is 0.102. The molecular weight excluding hydrogens is 420 g/mol. The van der Waals surface area contributed by atoms with E-state index in [1.807, 2.05) is 67.3 Å². The maximum absolute atomic E-state index is 13.0. The number of thiophene rings is 1. The van der Waals surface area contributed by atoms with Gasteiger partial charge in [0.25, 0.3) is 5.91 Å². The molecule has 146 valence electrons. The number of nitrogens with zero attached hydrogens (tertiary/aromatic N) is 3. The van der Waals surface area contributed by atoms with Gasteiger partial charge in [-0.1, -0.05) is 35.9 Å². The summed E-state index contributed by atoms with van der Waals surface area (Å²) in [6.07, 6.45) is 1.91. The molecule has 0 spiro atoms. The van der Waals surface area contributed by atoms with Crippen LogP contribution in [0.25, 0.3) is 22.0 Å². The van der Waals surface area contributed by atoms with Crippen LogP contribution >= 0.6 is 34.4 Å². The van der Waals surface area contributed by atoms with Crippen molar-refractivity contribution in [2.75, 3.05) is 11.6 Å². The summed E-state index contributed by atoms with van der Waals surface area (Å²) in [4.78, 5) is 27.7. The summed E-state index contributed by atoms with van der Waals surface area (Å²) in [7, 11) is 0. The minimum absolute atomic E-state index is 0.241. The van der Waals surface area contributed by atoms with Gasteiger partial charge in [-0.3, -0.25) is 10.1 Å². The summed E-state index contributed by atoms with van der Waals surface area (Å²) >= 11 is 4.42. The van der Waals surface area contributed by atoms with Crippen molar-refractivity contribution in [3.63, 3.8) is 0 Å². The predicted octanol–water partition coefficient (Wildman–Crippen LogP) is 5.92. The van der Waals surface area contributed by atoms with Crippen LogP contribution in [0.2, 0.25) is 0 Å². The van der Waals surface area contributed by atoms with Crippen molar-refractivity contribution in [3.8, 4) is 22.0 Å². The summed E-state index contributed by atoms with van der Waals surface area (Å²) in [5.41, 5.74) is 4.21. The number of anilines is 1. The highest BCUT2D eigenvalue weighted by Gasteiger charge is 2.20. The SMILES string of the molecule is CSc1nc(-c2cccs2)nc(C)c1C(=O)Nc1nc(-c2ccc(C)cc2)cs1. The first-order chi connectivity index (χ1) is 14.0. The van der Waals surface area contributed by atoms with Gasteiger partial charge in [-0.25, -0.2) is 15.0 Å². The maximum atomic E-state index is 13.0. The van der Waals surface area contributed by atoms with Gasteiger partial charge >= 0.3 is 0 Å². The van der Waals surface area contributed by atoms with Crippen LogP contribution in [0.1, 0.15) is 21.6 Å². The fourth-order valence-electron chi connectivity index (χ4n) is 2.82. The van der Waals surface area contributed by atoms with Gasteiger partial charge in [0.1, 0.15) is 5.03 Å². The third kappa shape index (κ3) is 4.24. The molecule has 4 aromatic rings. The lowest BCUT2D eigenvalue weighted by Gasteiger charge is -2.10. The number of hydrogen-bond donors (Lipinski definition) is 1. The van der Waals surface area contributed by atoms with E-state index in [0.29, 0.717) is 27.2 Å². The Balaban J connectivity index is 1.59. The second-order valence-corrected chi connectivity index (χ2v) is 8.95. The number of thiazole rings is 1. The Hall–Kier alpha value is -2.55. The number of nitrogens with one attached hydrogen (secondary N) is 1. The summed E-state index contributed by atoms with van der Waals surface area (Å²) in [6.45, 7) is 3.89. The molecule has 1 aromatic carbocycles. The quantitative estimate of drug-likeness (QED) is 0.309. The van der Waals surface area contributed by atoms with E-state index in [4.69, 9.17) is 0 Å². The van der Waals surface area contributed by atoms with Crippen molar-refractivity contribution in [1.29, 1.82) is 0 Å². The first kappa shape index (κ1) is 19.8. The fraction of sp³-hybridized carbons (Fsp3) is 0.143. The number of carbonyl (C=O) groups excluding carboxylic acids is 1. The number of amides is 1. The van der Waals surface area contributed by atoms with Crippen LogP contribution in [0.4, 0.5) is 5.13 Å². The second kappa shape index (κ2) is 8.44. The van der Waals surface area contributed by atoms with E-state index in [1.54, 1.807) is 11.3 Å². The zero-order valence-corrected chi connectivity index (χ0v) is 18.5. The predicted molar refractivity (Wildman–Crippen MR) is 122 cm³/mol. The van der Waals surface area contributed by atoms with Gasteiger partial charge in [-0.05, 0) is 31.5 Å². The van der Waals surface area contributed by atoms with Gasteiger partial charge in [0.15, 0.2) is 11.0 Å². The number of benzene rings is 1. The number of carbonyl (C=O) groups is 1. The van der Waals surface area contributed by atoms with E-state index >= 15 is 0 Å². The van der Waals surface area contributed by atoms with Crippen LogP contribution in [0.5, 0.6) is 0 Å². The fourth-order valence-corrected chi connectivity index (χ4v) is 4.81. The van der Waals surface area contributed by atoms with E-state index in [9.17, 15) is 4.79 Å². The van der Waals surface area contributed by atoms with E-state index in [-0.39, 0.29) is 5.91 Å². The molecule has 0 aliphatic rings. The summed E-state index contributed by atoms with van der Waals surface area (Å²) in [6, 6.07) is 12.1. The highest BCUT2D eigenvalue weighted by molar-refractivity contribution is 7.98. The third-order valence-electron chi connectivity index (χ3n) is 4.29. The topological polar surface area (TPSA) is 67.8 Å². The number of aryl methyl sites for hydroxylation is 2. The molecule has 0 unspecified atom stereocenters. The van der Waals surface area contributed by atoms with Crippen molar-refractivity contribution < 1.29 is 4.79 Å². The lowest BCUT2D eigenvalue weighted by Crippen LogP contribution is -2.16. The van der Waals surface area contributed by atoms with Gasteiger partial charge in [0.2, 0.25) is 0 Å². The van der Waals surface area contributed by atoms with Crippen molar-refractivity contribution in [1.82, 2.24) is 15.0 Å². The molecule has 0 saturated carbocycles. The Morgan fingerprint density at radius 2 is 1.83 bits per heavy atom. The molecule has 1 N–H and O–H groups in total. The molecule has 0 bridgehead atoms. The highest BCUT2D eigenvalue weighted by Crippen LogP contribution is 2.29.